The van der Waals surface area contributed by atoms with Crippen molar-refractivity contribution in [1.82, 2.24) is 20.3 Å². The number of hydrogen-bond donors (Lipinski definition) is 2. The highest BCUT2D eigenvalue weighted by atomic mass is 32.1. The van der Waals surface area contributed by atoms with Crippen molar-refractivity contribution < 1.29 is 0 Å². The Morgan fingerprint density at radius 1 is 1.14 bits per heavy atom. The van der Waals surface area contributed by atoms with Crippen molar-refractivity contribution in [2.45, 2.75) is 32.7 Å². The van der Waals surface area contributed by atoms with Crippen molar-refractivity contribution in [2.75, 3.05) is 30.4 Å². The van der Waals surface area contributed by atoms with Gasteiger partial charge < -0.3 is 15.5 Å². The molecule has 2 N–H and O–H groups in total. The van der Waals surface area contributed by atoms with E-state index in [0.717, 1.165) is 60.0 Å². The number of anilines is 2. The minimum absolute atomic E-state index is 0.461. The third-order valence-electron chi connectivity index (χ3n) is 4.48. The van der Waals surface area contributed by atoms with Crippen molar-refractivity contribution in [3.8, 4) is 11.4 Å². The SMILES string of the molecule is CC(C)c1nc(CN(C)c2cccc(-c3csc(NC4=NCCCN4)n3)n2)cs1. The van der Waals surface area contributed by atoms with E-state index in [1.165, 1.54) is 5.01 Å². The molecule has 152 valence electrons. The van der Waals surface area contributed by atoms with Crippen LogP contribution in [-0.2, 0) is 6.54 Å². The summed E-state index contributed by atoms with van der Waals surface area (Å²) in [5.74, 6) is 2.16. The molecule has 0 spiro atoms. The predicted octanol–water partition coefficient (Wildman–Crippen LogP) is 4.18. The zero-order valence-electron chi connectivity index (χ0n) is 16.8. The Labute approximate surface area is 179 Å². The molecule has 0 radical (unpaired) electrons. The molecule has 4 heterocycles. The van der Waals surface area contributed by atoms with E-state index < -0.39 is 0 Å². The fourth-order valence-corrected chi connectivity index (χ4v) is 4.46. The third kappa shape index (κ3) is 4.91. The fourth-order valence-electron chi connectivity index (χ4n) is 2.93. The first-order chi connectivity index (χ1) is 14.1. The second kappa shape index (κ2) is 8.87. The number of hydrogen-bond acceptors (Lipinski definition) is 9. The summed E-state index contributed by atoms with van der Waals surface area (Å²) in [4.78, 5) is 20.8. The van der Waals surface area contributed by atoms with Crippen LogP contribution in [0.1, 0.15) is 36.9 Å². The van der Waals surface area contributed by atoms with Crippen LogP contribution in [0, 0.1) is 0 Å². The summed E-state index contributed by atoms with van der Waals surface area (Å²) in [5.41, 5.74) is 2.80. The molecule has 0 fully saturated rings. The number of nitrogens with zero attached hydrogens (tertiary/aromatic N) is 5. The molecule has 0 bridgehead atoms. The molecule has 0 atom stereocenters. The molecule has 0 aromatic carbocycles. The lowest BCUT2D eigenvalue weighted by atomic mass is 10.2. The minimum Gasteiger partial charge on any atom is -0.356 e. The molecule has 29 heavy (non-hydrogen) atoms. The predicted molar refractivity (Wildman–Crippen MR) is 122 cm³/mol. The molecule has 0 aliphatic carbocycles. The highest BCUT2D eigenvalue weighted by Crippen LogP contribution is 2.26. The quantitative estimate of drug-likeness (QED) is 0.614. The maximum atomic E-state index is 4.81. The summed E-state index contributed by atoms with van der Waals surface area (Å²) >= 11 is 3.28. The Bertz CT molecular complexity index is 992. The smallest absolute Gasteiger partial charge is 0.197 e. The summed E-state index contributed by atoms with van der Waals surface area (Å²) in [6.45, 7) is 6.87. The van der Waals surface area contributed by atoms with Crippen molar-refractivity contribution in [1.29, 1.82) is 0 Å². The lowest BCUT2D eigenvalue weighted by Gasteiger charge is -2.17. The molecular formula is C20H25N7S2. The van der Waals surface area contributed by atoms with Crippen LogP contribution in [0.3, 0.4) is 0 Å². The first-order valence-corrected chi connectivity index (χ1v) is 11.5. The van der Waals surface area contributed by atoms with Gasteiger partial charge in [0.2, 0.25) is 0 Å². The second-order valence-corrected chi connectivity index (χ2v) is 8.99. The summed E-state index contributed by atoms with van der Waals surface area (Å²) in [6, 6.07) is 6.03. The van der Waals surface area contributed by atoms with E-state index in [4.69, 9.17) is 9.97 Å². The topological polar surface area (TPSA) is 78.3 Å². The Morgan fingerprint density at radius 3 is 2.79 bits per heavy atom. The molecule has 4 rings (SSSR count). The Hall–Kier alpha value is -2.52. The van der Waals surface area contributed by atoms with Crippen LogP contribution in [0.25, 0.3) is 11.4 Å². The van der Waals surface area contributed by atoms with Gasteiger partial charge in [-0.1, -0.05) is 19.9 Å². The van der Waals surface area contributed by atoms with Crippen LogP contribution in [0.5, 0.6) is 0 Å². The molecule has 7 nitrogen and oxygen atoms in total. The monoisotopic (exact) mass is 427 g/mol. The van der Waals surface area contributed by atoms with Crippen LogP contribution in [0.2, 0.25) is 0 Å². The number of guanidine groups is 1. The molecule has 1 aliphatic rings. The van der Waals surface area contributed by atoms with Crippen LogP contribution in [-0.4, -0.2) is 41.0 Å². The minimum atomic E-state index is 0.461. The summed E-state index contributed by atoms with van der Waals surface area (Å²) in [5, 5.41) is 12.7. The van der Waals surface area contributed by atoms with E-state index >= 15 is 0 Å². The zero-order chi connectivity index (χ0) is 20.2. The van der Waals surface area contributed by atoms with Crippen LogP contribution >= 0.6 is 22.7 Å². The fraction of sp³-hybridized carbons (Fsp3) is 0.400. The molecule has 9 heteroatoms. The van der Waals surface area contributed by atoms with E-state index in [9.17, 15) is 0 Å². The molecule has 0 saturated heterocycles. The van der Waals surface area contributed by atoms with E-state index in [1.807, 2.05) is 30.6 Å². The number of rotatable bonds is 6. The maximum Gasteiger partial charge on any atom is 0.197 e. The van der Waals surface area contributed by atoms with Crippen molar-refractivity contribution in [3.63, 3.8) is 0 Å². The number of nitrogens with one attached hydrogen (secondary N) is 2. The highest BCUT2D eigenvalue weighted by Gasteiger charge is 2.13. The van der Waals surface area contributed by atoms with Gasteiger partial charge in [0, 0.05) is 36.8 Å². The molecule has 0 saturated carbocycles. The van der Waals surface area contributed by atoms with E-state index in [1.54, 1.807) is 22.7 Å². The number of thiazole rings is 2. The summed E-state index contributed by atoms with van der Waals surface area (Å²) in [6.07, 6.45) is 1.07. The summed E-state index contributed by atoms with van der Waals surface area (Å²) in [7, 11) is 2.04. The largest absolute Gasteiger partial charge is 0.356 e. The van der Waals surface area contributed by atoms with Gasteiger partial charge in [-0.25, -0.2) is 15.0 Å². The normalized spacial score (nSPS) is 13.9. The maximum absolute atomic E-state index is 4.81. The van der Waals surface area contributed by atoms with E-state index in [2.05, 4.69) is 44.7 Å². The lowest BCUT2D eigenvalue weighted by molar-refractivity contribution is 0.740. The average Bonchev–Trinajstić information content (AvgIpc) is 3.39. The molecule has 0 unspecified atom stereocenters. The molecule has 3 aromatic heterocycles. The van der Waals surface area contributed by atoms with E-state index in [-0.39, 0.29) is 0 Å². The molecule has 1 aliphatic heterocycles. The molecule has 0 amide bonds. The first-order valence-electron chi connectivity index (χ1n) is 9.72. The van der Waals surface area contributed by atoms with Crippen LogP contribution < -0.4 is 15.5 Å². The Balaban J connectivity index is 1.46. The molecular weight excluding hydrogens is 402 g/mol. The van der Waals surface area contributed by atoms with Gasteiger partial charge in [-0.15, -0.1) is 22.7 Å². The number of pyridine rings is 1. The van der Waals surface area contributed by atoms with Gasteiger partial charge in [0.15, 0.2) is 11.1 Å². The van der Waals surface area contributed by atoms with E-state index in [0.29, 0.717) is 5.92 Å². The number of aliphatic imine (C=N–C) groups is 1. The van der Waals surface area contributed by atoms with Gasteiger partial charge in [0.25, 0.3) is 0 Å². The van der Waals surface area contributed by atoms with Crippen molar-refractivity contribution in [2.24, 2.45) is 4.99 Å². The van der Waals surface area contributed by atoms with Gasteiger partial charge >= 0.3 is 0 Å². The highest BCUT2D eigenvalue weighted by molar-refractivity contribution is 7.14. The zero-order valence-corrected chi connectivity index (χ0v) is 18.5. The lowest BCUT2D eigenvalue weighted by Crippen LogP contribution is -2.35. The average molecular weight is 428 g/mol. The van der Waals surface area contributed by atoms with Crippen LogP contribution in [0.15, 0.2) is 34.0 Å². The van der Waals surface area contributed by atoms with Crippen molar-refractivity contribution >= 4 is 39.6 Å². The van der Waals surface area contributed by atoms with Gasteiger partial charge in [-0.2, -0.15) is 0 Å². The van der Waals surface area contributed by atoms with Gasteiger partial charge in [-0.05, 0) is 18.6 Å². The first kappa shape index (κ1) is 19.8. The third-order valence-corrected chi connectivity index (χ3v) is 6.43. The van der Waals surface area contributed by atoms with Crippen molar-refractivity contribution in [3.05, 3.63) is 39.7 Å². The van der Waals surface area contributed by atoms with Gasteiger partial charge in [0.1, 0.15) is 11.5 Å². The van der Waals surface area contributed by atoms with Crippen LogP contribution in [0.4, 0.5) is 10.9 Å². The Morgan fingerprint density at radius 2 is 2.03 bits per heavy atom. The summed E-state index contributed by atoms with van der Waals surface area (Å²) < 4.78 is 0. The standard InChI is InChI=1S/C20H25N7S2/c1-13(2)18-23-14(11-28-18)10-27(3)17-7-4-6-15(24-17)16-12-29-20(25-16)26-19-21-8-5-9-22-19/h4,6-7,11-13H,5,8-10H2,1-3H3,(H2,21,22,25,26). The Kier molecular flexibility index (Phi) is 6.05. The number of aromatic nitrogens is 3. The van der Waals surface area contributed by atoms with Gasteiger partial charge in [-0.3, -0.25) is 4.99 Å². The second-order valence-electron chi connectivity index (χ2n) is 7.24. The molecule has 3 aromatic rings. The van der Waals surface area contributed by atoms with Gasteiger partial charge in [0.05, 0.1) is 22.9 Å².